The summed E-state index contributed by atoms with van der Waals surface area (Å²) in [5, 5.41) is 15.2. The van der Waals surface area contributed by atoms with Gasteiger partial charge in [-0.1, -0.05) is 75.5 Å². The third kappa shape index (κ3) is 5.60. The topological polar surface area (TPSA) is 62.1 Å². The molecule has 0 bridgehead atoms. The molecule has 0 aromatic heterocycles. The average molecular weight is 552 g/mol. The van der Waals surface area contributed by atoms with Crippen LogP contribution in [-0.2, 0) is 11.4 Å². The fourth-order valence-corrected chi connectivity index (χ4v) is 3.95. The fourth-order valence-electron chi connectivity index (χ4n) is 3.37. The van der Waals surface area contributed by atoms with Gasteiger partial charge in [0.25, 0.3) is 5.91 Å². The smallest absolute Gasteiger partial charge is 0.266 e. The Bertz CT molecular complexity index is 1440. The number of nitriles is 1. The molecule has 4 aromatic rings. The summed E-state index contributed by atoms with van der Waals surface area (Å²) in [7, 11) is 0. The first kappa shape index (κ1) is 23.8. The van der Waals surface area contributed by atoms with Crippen molar-refractivity contribution in [1.82, 2.24) is 0 Å². The first-order chi connectivity index (χ1) is 16.4. The Morgan fingerprint density at radius 2 is 1.76 bits per heavy atom. The Labute approximate surface area is 215 Å². The zero-order valence-electron chi connectivity index (χ0n) is 17.7. The van der Waals surface area contributed by atoms with E-state index in [1.165, 1.54) is 0 Å². The van der Waals surface area contributed by atoms with E-state index in [-0.39, 0.29) is 12.2 Å². The Hall–Kier alpha value is -3.30. The first-order valence-electron chi connectivity index (χ1n) is 10.2. The molecule has 4 nitrogen and oxygen atoms in total. The SMILES string of the molecule is N#C/C(=C\c1c(OCc2ccc(Cl)c(Cl)c2)ccc2ccccc12)C(=O)Nc1ccc(Br)cc1. The van der Waals surface area contributed by atoms with Gasteiger partial charge in [-0.05, 0) is 64.9 Å². The van der Waals surface area contributed by atoms with Gasteiger partial charge in [-0.3, -0.25) is 4.79 Å². The Balaban J connectivity index is 1.69. The van der Waals surface area contributed by atoms with Crippen LogP contribution < -0.4 is 10.1 Å². The number of ether oxygens (including phenoxy) is 1. The van der Waals surface area contributed by atoms with E-state index in [1.54, 1.807) is 30.3 Å². The van der Waals surface area contributed by atoms with Crippen molar-refractivity contribution in [1.29, 1.82) is 5.26 Å². The highest BCUT2D eigenvalue weighted by atomic mass is 79.9. The summed E-state index contributed by atoms with van der Waals surface area (Å²) in [4.78, 5) is 12.8. The molecule has 0 saturated heterocycles. The van der Waals surface area contributed by atoms with Crippen molar-refractivity contribution in [3.05, 3.63) is 110 Å². The van der Waals surface area contributed by atoms with Crippen molar-refractivity contribution in [2.75, 3.05) is 5.32 Å². The minimum absolute atomic E-state index is 0.0429. The number of hydrogen-bond acceptors (Lipinski definition) is 3. The summed E-state index contributed by atoms with van der Waals surface area (Å²) in [6.07, 6.45) is 1.56. The van der Waals surface area contributed by atoms with Gasteiger partial charge in [-0.15, -0.1) is 0 Å². The number of nitrogens with zero attached hydrogens (tertiary/aromatic N) is 1. The van der Waals surface area contributed by atoms with E-state index in [2.05, 4.69) is 21.2 Å². The minimum atomic E-state index is -0.506. The van der Waals surface area contributed by atoms with Gasteiger partial charge < -0.3 is 10.1 Å². The largest absolute Gasteiger partial charge is 0.488 e. The zero-order valence-corrected chi connectivity index (χ0v) is 20.8. The van der Waals surface area contributed by atoms with Crippen LogP contribution in [0.2, 0.25) is 10.0 Å². The third-order valence-corrected chi connectivity index (χ3v) is 6.33. The fraction of sp³-hybridized carbons (Fsp3) is 0.0370. The van der Waals surface area contributed by atoms with Crippen LogP contribution >= 0.6 is 39.1 Å². The minimum Gasteiger partial charge on any atom is -0.488 e. The molecule has 4 rings (SSSR count). The second kappa shape index (κ2) is 10.8. The normalized spacial score (nSPS) is 11.2. The van der Waals surface area contributed by atoms with Crippen molar-refractivity contribution in [2.45, 2.75) is 6.61 Å². The molecule has 4 aromatic carbocycles. The summed E-state index contributed by atoms with van der Waals surface area (Å²) < 4.78 is 6.98. The van der Waals surface area contributed by atoms with E-state index in [1.807, 2.05) is 60.7 Å². The van der Waals surface area contributed by atoms with Crippen LogP contribution in [0.5, 0.6) is 5.75 Å². The molecule has 0 aliphatic heterocycles. The van der Waals surface area contributed by atoms with Crippen molar-refractivity contribution in [2.24, 2.45) is 0 Å². The van der Waals surface area contributed by atoms with Crippen LogP contribution in [-0.4, -0.2) is 5.91 Å². The quantitative estimate of drug-likeness (QED) is 0.195. The summed E-state index contributed by atoms with van der Waals surface area (Å²) in [5.41, 5.74) is 2.02. The van der Waals surface area contributed by atoms with E-state index in [0.29, 0.717) is 27.0 Å². The number of anilines is 1. The molecule has 0 unspecified atom stereocenters. The molecule has 7 heteroatoms. The highest BCUT2D eigenvalue weighted by Gasteiger charge is 2.14. The summed E-state index contributed by atoms with van der Waals surface area (Å²) >= 11 is 15.5. The molecule has 168 valence electrons. The zero-order chi connectivity index (χ0) is 24.1. The van der Waals surface area contributed by atoms with Crippen LogP contribution in [0.15, 0.2) is 88.9 Å². The maximum atomic E-state index is 12.8. The molecule has 0 fully saturated rings. The molecule has 0 heterocycles. The Morgan fingerprint density at radius 3 is 2.50 bits per heavy atom. The predicted molar refractivity (Wildman–Crippen MR) is 141 cm³/mol. The lowest BCUT2D eigenvalue weighted by Crippen LogP contribution is -2.13. The van der Waals surface area contributed by atoms with Gasteiger partial charge >= 0.3 is 0 Å². The summed E-state index contributed by atoms with van der Waals surface area (Å²) in [6.45, 7) is 0.239. The molecular formula is C27H17BrCl2N2O2. The number of carbonyl (C=O) groups excluding carboxylic acids is 1. The van der Waals surface area contributed by atoms with Gasteiger partial charge in [0.1, 0.15) is 24.0 Å². The highest BCUT2D eigenvalue weighted by molar-refractivity contribution is 9.10. The van der Waals surface area contributed by atoms with E-state index < -0.39 is 5.91 Å². The second-order valence-electron chi connectivity index (χ2n) is 7.37. The Morgan fingerprint density at radius 1 is 1.00 bits per heavy atom. The lowest BCUT2D eigenvalue weighted by Gasteiger charge is -2.13. The number of hydrogen-bond donors (Lipinski definition) is 1. The number of amides is 1. The maximum absolute atomic E-state index is 12.8. The van der Waals surface area contributed by atoms with E-state index in [9.17, 15) is 10.1 Å². The van der Waals surface area contributed by atoms with Gasteiger partial charge in [-0.25, -0.2) is 0 Å². The molecule has 0 radical (unpaired) electrons. The molecule has 0 aliphatic carbocycles. The van der Waals surface area contributed by atoms with Crippen LogP contribution in [0, 0.1) is 11.3 Å². The van der Waals surface area contributed by atoms with Crippen molar-refractivity contribution in [3.8, 4) is 11.8 Å². The van der Waals surface area contributed by atoms with E-state index >= 15 is 0 Å². The van der Waals surface area contributed by atoms with Crippen molar-refractivity contribution in [3.63, 3.8) is 0 Å². The molecule has 1 N–H and O–H groups in total. The van der Waals surface area contributed by atoms with Crippen molar-refractivity contribution >= 4 is 67.6 Å². The number of carbonyl (C=O) groups is 1. The molecular weight excluding hydrogens is 535 g/mol. The summed E-state index contributed by atoms with van der Waals surface area (Å²) in [5.74, 6) is 0.0298. The monoisotopic (exact) mass is 550 g/mol. The molecule has 1 amide bonds. The Kier molecular flexibility index (Phi) is 7.54. The molecule has 34 heavy (non-hydrogen) atoms. The second-order valence-corrected chi connectivity index (χ2v) is 9.10. The van der Waals surface area contributed by atoms with Crippen LogP contribution in [0.1, 0.15) is 11.1 Å². The standard InChI is InChI=1S/C27H17BrCl2N2O2/c28-20-7-9-21(10-8-20)32-27(33)19(15-31)14-23-22-4-2-1-3-18(22)6-12-26(23)34-16-17-5-11-24(29)25(30)13-17/h1-14H,16H2,(H,32,33)/b19-14+. The number of nitrogens with one attached hydrogen (secondary N) is 1. The van der Waals surface area contributed by atoms with Crippen molar-refractivity contribution < 1.29 is 9.53 Å². The number of halogens is 3. The molecule has 0 spiro atoms. The van der Waals surface area contributed by atoms with Crippen LogP contribution in [0.3, 0.4) is 0 Å². The number of rotatable bonds is 6. The lowest BCUT2D eigenvalue weighted by atomic mass is 10.0. The van der Waals surface area contributed by atoms with E-state index in [4.69, 9.17) is 27.9 Å². The molecule has 0 atom stereocenters. The van der Waals surface area contributed by atoms with Gasteiger partial charge in [0, 0.05) is 15.7 Å². The number of fused-ring (bicyclic) bond motifs is 1. The highest BCUT2D eigenvalue weighted by Crippen LogP contribution is 2.32. The number of benzene rings is 4. The van der Waals surface area contributed by atoms with Gasteiger partial charge in [-0.2, -0.15) is 5.26 Å². The summed E-state index contributed by atoms with van der Waals surface area (Å²) in [6, 6.07) is 25.9. The molecule has 0 aliphatic rings. The van der Waals surface area contributed by atoms with Gasteiger partial charge in [0.05, 0.1) is 10.0 Å². The lowest BCUT2D eigenvalue weighted by molar-refractivity contribution is -0.112. The van der Waals surface area contributed by atoms with Crippen LogP contribution in [0.25, 0.3) is 16.8 Å². The maximum Gasteiger partial charge on any atom is 0.266 e. The van der Waals surface area contributed by atoms with E-state index in [0.717, 1.165) is 20.8 Å². The third-order valence-electron chi connectivity index (χ3n) is 5.06. The predicted octanol–water partition coefficient (Wildman–Crippen LogP) is 8.03. The molecule has 0 saturated carbocycles. The van der Waals surface area contributed by atoms with Gasteiger partial charge in [0.2, 0.25) is 0 Å². The first-order valence-corrected chi connectivity index (χ1v) is 11.8. The average Bonchev–Trinajstić information content (AvgIpc) is 2.85. The van der Waals surface area contributed by atoms with Crippen LogP contribution in [0.4, 0.5) is 5.69 Å². The van der Waals surface area contributed by atoms with Gasteiger partial charge in [0.15, 0.2) is 0 Å².